The fraction of sp³-hybridized carbons (Fsp3) is 0.381. The Bertz CT molecular complexity index is 706. The van der Waals surface area contributed by atoms with E-state index in [1.54, 1.807) is 6.92 Å². The maximum absolute atomic E-state index is 11.4. The summed E-state index contributed by atoms with van der Waals surface area (Å²) in [6.07, 6.45) is 3.20. The minimum atomic E-state index is -0.331. The first kappa shape index (κ1) is 20.3. The van der Waals surface area contributed by atoms with Crippen LogP contribution in [0.5, 0.6) is 5.75 Å². The van der Waals surface area contributed by atoms with Gasteiger partial charge in [-0.3, -0.25) is 0 Å². The molecule has 1 unspecified atom stereocenters. The van der Waals surface area contributed by atoms with Crippen LogP contribution in [0.1, 0.15) is 30.0 Å². The van der Waals surface area contributed by atoms with Crippen LogP contribution >= 0.6 is 12.4 Å². The molecule has 140 valence electrons. The van der Waals surface area contributed by atoms with E-state index in [2.05, 4.69) is 41.7 Å². The lowest BCUT2D eigenvalue weighted by atomic mass is 9.88. The van der Waals surface area contributed by atoms with Gasteiger partial charge in [0.25, 0.3) is 0 Å². The van der Waals surface area contributed by atoms with E-state index in [4.69, 9.17) is 9.47 Å². The van der Waals surface area contributed by atoms with Crippen LogP contribution in [0.2, 0.25) is 0 Å². The molecular formula is C21H26ClNO3. The maximum atomic E-state index is 11.4. The van der Waals surface area contributed by atoms with E-state index < -0.39 is 0 Å². The third-order valence-electron chi connectivity index (χ3n) is 4.51. The van der Waals surface area contributed by atoms with Gasteiger partial charge in [0.2, 0.25) is 0 Å². The molecule has 5 heteroatoms. The Balaban J connectivity index is 0.00000243. The Morgan fingerprint density at radius 1 is 1.15 bits per heavy atom. The Morgan fingerprint density at radius 2 is 1.96 bits per heavy atom. The number of hydrogen-bond donors (Lipinski definition) is 1. The third kappa shape index (κ3) is 5.75. The van der Waals surface area contributed by atoms with E-state index in [0.717, 1.165) is 31.6 Å². The number of fused-ring (bicyclic) bond motifs is 1. The highest BCUT2D eigenvalue weighted by Crippen LogP contribution is 2.26. The molecule has 0 radical (unpaired) electrons. The van der Waals surface area contributed by atoms with E-state index in [0.29, 0.717) is 12.6 Å². The van der Waals surface area contributed by atoms with E-state index in [1.807, 2.05) is 12.1 Å². The fourth-order valence-electron chi connectivity index (χ4n) is 3.20. The number of benzene rings is 2. The summed E-state index contributed by atoms with van der Waals surface area (Å²) in [6, 6.07) is 17.0. The first-order valence-electron chi connectivity index (χ1n) is 8.92. The van der Waals surface area contributed by atoms with Crippen molar-refractivity contribution in [2.75, 3.05) is 13.2 Å². The van der Waals surface area contributed by atoms with Crippen LogP contribution in [-0.4, -0.2) is 25.2 Å². The first-order chi connectivity index (χ1) is 12.2. The summed E-state index contributed by atoms with van der Waals surface area (Å²) in [5.74, 6) is 0.401. The molecule has 1 N–H and O–H groups in total. The molecule has 0 aliphatic heterocycles. The lowest BCUT2D eigenvalue weighted by Crippen LogP contribution is -2.34. The molecule has 0 aromatic heterocycles. The number of carbonyl (C=O) groups excluding carboxylic acids is 1. The molecule has 4 nitrogen and oxygen atoms in total. The van der Waals surface area contributed by atoms with Gasteiger partial charge in [-0.05, 0) is 55.0 Å². The normalized spacial score (nSPS) is 15.5. The molecule has 0 heterocycles. The third-order valence-corrected chi connectivity index (χ3v) is 4.51. The molecule has 0 fully saturated rings. The van der Waals surface area contributed by atoms with Crippen LogP contribution in [0.4, 0.5) is 0 Å². The number of ether oxygens (including phenoxy) is 2. The Kier molecular flexibility index (Phi) is 7.95. The van der Waals surface area contributed by atoms with Crippen LogP contribution in [0.25, 0.3) is 0 Å². The van der Waals surface area contributed by atoms with E-state index in [1.165, 1.54) is 16.7 Å². The van der Waals surface area contributed by atoms with Gasteiger partial charge in [0.1, 0.15) is 5.75 Å². The summed E-state index contributed by atoms with van der Waals surface area (Å²) in [4.78, 5) is 11.4. The molecule has 26 heavy (non-hydrogen) atoms. The van der Waals surface area contributed by atoms with Crippen molar-refractivity contribution >= 4 is 18.4 Å². The molecule has 0 bridgehead atoms. The predicted octanol–water partition coefficient (Wildman–Crippen LogP) is 3.70. The number of aryl methyl sites for hydroxylation is 1. The molecule has 2 aromatic carbocycles. The summed E-state index contributed by atoms with van der Waals surface area (Å²) in [7, 11) is 0. The standard InChI is InChI=1S/C21H25NO3.ClH/c1-2-24-21(23)15-25-20-11-9-17-8-10-19(12-18(17)13-20)22-14-16-6-4-3-5-7-16;/h3-7,9,11,13,19,22H,2,8,10,12,14-15H2,1H3;1H. The van der Waals surface area contributed by atoms with Crippen LogP contribution in [-0.2, 0) is 28.9 Å². The molecule has 0 amide bonds. The molecule has 1 aliphatic carbocycles. The van der Waals surface area contributed by atoms with Crippen molar-refractivity contribution in [2.24, 2.45) is 0 Å². The van der Waals surface area contributed by atoms with Crippen molar-refractivity contribution in [3.8, 4) is 5.75 Å². The second-order valence-corrected chi connectivity index (χ2v) is 6.33. The number of halogens is 1. The average Bonchev–Trinajstić information content (AvgIpc) is 2.65. The molecule has 0 saturated heterocycles. The highest BCUT2D eigenvalue weighted by molar-refractivity contribution is 5.85. The molecule has 0 spiro atoms. The number of carbonyl (C=O) groups is 1. The number of esters is 1. The van der Waals surface area contributed by atoms with Gasteiger partial charge in [0, 0.05) is 12.6 Å². The van der Waals surface area contributed by atoms with Crippen molar-refractivity contribution in [3.63, 3.8) is 0 Å². The summed E-state index contributed by atoms with van der Waals surface area (Å²) in [5.41, 5.74) is 3.99. The first-order valence-corrected chi connectivity index (χ1v) is 8.92. The number of nitrogens with one attached hydrogen (secondary N) is 1. The van der Waals surface area contributed by atoms with Crippen molar-refractivity contribution in [3.05, 3.63) is 65.2 Å². The SMILES string of the molecule is CCOC(=O)COc1ccc2c(c1)CC(NCc1ccccc1)CC2.Cl. The van der Waals surface area contributed by atoms with Crippen molar-refractivity contribution in [1.29, 1.82) is 0 Å². The monoisotopic (exact) mass is 375 g/mol. The van der Waals surface area contributed by atoms with Gasteiger partial charge in [-0.1, -0.05) is 36.4 Å². The van der Waals surface area contributed by atoms with E-state index in [-0.39, 0.29) is 25.0 Å². The van der Waals surface area contributed by atoms with Gasteiger partial charge in [-0.2, -0.15) is 0 Å². The summed E-state index contributed by atoms with van der Waals surface area (Å²) < 4.78 is 10.4. The number of rotatable bonds is 7. The quantitative estimate of drug-likeness (QED) is 0.749. The Morgan fingerprint density at radius 3 is 2.73 bits per heavy atom. The van der Waals surface area contributed by atoms with Crippen LogP contribution < -0.4 is 10.1 Å². The maximum Gasteiger partial charge on any atom is 0.344 e. The zero-order chi connectivity index (χ0) is 17.5. The largest absolute Gasteiger partial charge is 0.482 e. The van der Waals surface area contributed by atoms with Gasteiger partial charge in [0.15, 0.2) is 6.61 Å². The summed E-state index contributed by atoms with van der Waals surface area (Å²) in [6.45, 7) is 3.02. The second-order valence-electron chi connectivity index (χ2n) is 6.33. The van der Waals surface area contributed by atoms with Crippen molar-refractivity contribution in [1.82, 2.24) is 5.32 Å². The highest BCUT2D eigenvalue weighted by atomic mass is 35.5. The smallest absolute Gasteiger partial charge is 0.344 e. The highest BCUT2D eigenvalue weighted by Gasteiger charge is 2.19. The van der Waals surface area contributed by atoms with E-state index in [9.17, 15) is 4.79 Å². The molecule has 0 saturated carbocycles. The van der Waals surface area contributed by atoms with Gasteiger partial charge in [0.05, 0.1) is 6.61 Å². The minimum absolute atomic E-state index is 0. The fourth-order valence-corrected chi connectivity index (χ4v) is 3.20. The minimum Gasteiger partial charge on any atom is -0.482 e. The lowest BCUT2D eigenvalue weighted by molar-refractivity contribution is -0.145. The molecule has 1 atom stereocenters. The zero-order valence-electron chi connectivity index (χ0n) is 15.1. The predicted molar refractivity (Wildman–Crippen MR) is 105 cm³/mol. The molecule has 1 aliphatic rings. The van der Waals surface area contributed by atoms with Crippen molar-refractivity contribution in [2.45, 2.75) is 38.8 Å². The van der Waals surface area contributed by atoms with E-state index >= 15 is 0 Å². The summed E-state index contributed by atoms with van der Waals surface area (Å²) >= 11 is 0. The van der Waals surface area contributed by atoms with Gasteiger partial charge in [-0.15, -0.1) is 12.4 Å². The van der Waals surface area contributed by atoms with Gasteiger partial charge >= 0.3 is 5.97 Å². The number of hydrogen-bond acceptors (Lipinski definition) is 4. The van der Waals surface area contributed by atoms with Gasteiger partial charge < -0.3 is 14.8 Å². The zero-order valence-corrected chi connectivity index (χ0v) is 15.9. The van der Waals surface area contributed by atoms with Crippen LogP contribution in [0.15, 0.2) is 48.5 Å². The average molecular weight is 376 g/mol. The Hall–Kier alpha value is -2.04. The molecule has 2 aromatic rings. The van der Waals surface area contributed by atoms with Gasteiger partial charge in [-0.25, -0.2) is 4.79 Å². The van der Waals surface area contributed by atoms with Crippen molar-refractivity contribution < 1.29 is 14.3 Å². The topological polar surface area (TPSA) is 47.6 Å². The Labute approximate surface area is 161 Å². The molecular weight excluding hydrogens is 350 g/mol. The molecule has 3 rings (SSSR count). The van der Waals surface area contributed by atoms with Crippen LogP contribution in [0, 0.1) is 0 Å². The summed E-state index contributed by atoms with van der Waals surface area (Å²) in [5, 5.41) is 3.65. The second kappa shape index (κ2) is 10.2. The van der Waals surface area contributed by atoms with Crippen LogP contribution in [0.3, 0.4) is 0 Å². The lowest BCUT2D eigenvalue weighted by Gasteiger charge is -2.26.